The highest BCUT2D eigenvalue weighted by Gasteiger charge is 2.27. The minimum atomic E-state index is -0.727. The number of aromatic nitrogens is 4. The molecule has 1 fully saturated rings. The molecule has 3 aromatic rings. The lowest BCUT2D eigenvalue weighted by Crippen LogP contribution is -2.39. The Kier molecular flexibility index (Phi) is 6.97. The number of nitrogens with zero attached hydrogens (tertiary/aromatic N) is 4. The number of aromatic amines is 1. The molecule has 4 N–H and O–H groups in total. The molecule has 12 nitrogen and oxygen atoms in total. The Labute approximate surface area is 207 Å². The second kappa shape index (κ2) is 9.97. The molecule has 2 amide bonds. The van der Waals surface area contributed by atoms with Crippen LogP contribution in [0.5, 0.6) is 0 Å². The Hall–Kier alpha value is -3.93. The molecule has 0 radical (unpaired) electrons. The van der Waals surface area contributed by atoms with Crippen LogP contribution in [0, 0.1) is 0 Å². The van der Waals surface area contributed by atoms with Crippen molar-refractivity contribution in [2.24, 2.45) is 0 Å². The van der Waals surface area contributed by atoms with Gasteiger partial charge in [-0.15, -0.1) is 0 Å². The van der Waals surface area contributed by atoms with Crippen molar-refractivity contribution in [2.75, 3.05) is 17.3 Å². The Balaban J connectivity index is 1.74. The third-order valence-electron chi connectivity index (χ3n) is 5.77. The number of pyridine rings is 1. The van der Waals surface area contributed by atoms with E-state index in [1.807, 2.05) is 0 Å². The lowest BCUT2D eigenvalue weighted by atomic mass is 9.93. The Morgan fingerprint density at radius 2 is 2.08 bits per heavy atom. The summed E-state index contributed by atoms with van der Waals surface area (Å²) in [6.45, 7) is 5.27. The van der Waals surface area contributed by atoms with Crippen molar-refractivity contribution in [3.05, 3.63) is 46.5 Å². The highest BCUT2D eigenvalue weighted by Crippen LogP contribution is 2.25. The van der Waals surface area contributed by atoms with Crippen LogP contribution in [0.4, 0.5) is 22.1 Å². The Morgan fingerprint density at radius 1 is 1.31 bits per heavy atom. The molecular formula is C24H31N7O5. The van der Waals surface area contributed by atoms with Crippen molar-refractivity contribution in [1.82, 2.24) is 24.9 Å². The first kappa shape index (κ1) is 25.2. The van der Waals surface area contributed by atoms with Crippen molar-refractivity contribution in [3.8, 4) is 0 Å². The summed E-state index contributed by atoms with van der Waals surface area (Å²) in [6, 6.07) is 4.62. The standard InChI is InChI=1S/C24H31N7O5/c1-24(2,3)36-23(35)30(4)19-12-18(28-17-9-6-10-25-22(17)34)29-20-16(13-26-31(19)20)21(33)27-14-7-5-8-15(32)11-14/h6,9-10,12-15,32H,5,7-8,11H2,1-4H3,(H,25,34)(H,27,33)(H,28,29)/t14?,15-/m1/s1. The Morgan fingerprint density at radius 3 is 2.78 bits per heavy atom. The largest absolute Gasteiger partial charge is 0.443 e. The van der Waals surface area contributed by atoms with Crippen LogP contribution in [-0.4, -0.2) is 61.5 Å². The van der Waals surface area contributed by atoms with E-state index in [9.17, 15) is 19.5 Å². The van der Waals surface area contributed by atoms with Crippen LogP contribution in [0.3, 0.4) is 0 Å². The van der Waals surface area contributed by atoms with Crippen molar-refractivity contribution >= 4 is 35.0 Å². The number of aliphatic hydroxyl groups is 1. The summed E-state index contributed by atoms with van der Waals surface area (Å²) in [6.07, 6.45) is 4.61. The molecule has 1 aliphatic carbocycles. The molecule has 36 heavy (non-hydrogen) atoms. The second-order valence-corrected chi connectivity index (χ2v) is 9.86. The molecule has 1 saturated carbocycles. The molecule has 12 heteroatoms. The molecule has 192 valence electrons. The van der Waals surface area contributed by atoms with Crippen LogP contribution in [-0.2, 0) is 4.74 Å². The van der Waals surface area contributed by atoms with Gasteiger partial charge in [-0.1, -0.05) is 0 Å². The van der Waals surface area contributed by atoms with Crippen LogP contribution in [0.15, 0.2) is 35.4 Å². The fourth-order valence-electron chi connectivity index (χ4n) is 4.05. The van der Waals surface area contributed by atoms with E-state index >= 15 is 0 Å². The zero-order valence-corrected chi connectivity index (χ0v) is 20.7. The first-order valence-corrected chi connectivity index (χ1v) is 11.8. The third-order valence-corrected chi connectivity index (χ3v) is 5.77. The first-order valence-electron chi connectivity index (χ1n) is 11.8. The monoisotopic (exact) mass is 497 g/mol. The van der Waals surface area contributed by atoms with Gasteiger partial charge in [0.15, 0.2) is 5.65 Å². The van der Waals surface area contributed by atoms with Crippen molar-refractivity contribution < 1.29 is 19.4 Å². The molecule has 1 aliphatic rings. The van der Waals surface area contributed by atoms with Gasteiger partial charge in [0.2, 0.25) is 0 Å². The molecule has 0 saturated heterocycles. The number of carbonyl (C=O) groups is 2. The molecule has 1 unspecified atom stereocenters. The number of carbonyl (C=O) groups excluding carboxylic acids is 2. The normalized spacial score (nSPS) is 18.0. The molecule has 0 spiro atoms. The lowest BCUT2D eigenvalue weighted by molar-refractivity contribution is 0.0587. The minimum absolute atomic E-state index is 0.163. The van der Waals surface area contributed by atoms with Gasteiger partial charge in [0.25, 0.3) is 11.5 Å². The van der Waals surface area contributed by atoms with E-state index in [1.165, 1.54) is 34.9 Å². The topological polar surface area (TPSA) is 154 Å². The van der Waals surface area contributed by atoms with Gasteiger partial charge in [-0.25, -0.2) is 9.78 Å². The first-order chi connectivity index (χ1) is 17.0. The minimum Gasteiger partial charge on any atom is -0.443 e. The average Bonchev–Trinajstić information content (AvgIpc) is 3.22. The summed E-state index contributed by atoms with van der Waals surface area (Å²) in [5.74, 6) is 0.112. The molecular weight excluding hydrogens is 466 g/mol. The maximum Gasteiger partial charge on any atom is 0.415 e. The number of anilines is 3. The van der Waals surface area contributed by atoms with E-state index in [1.54, 1.807) is 32.9 Å². The number of ether oxygens (including phenoxy) is 1. The maximum absolute atomic E-state index is 13.2. The fourth-order valence-corrected chi connectivity index (χ4v) is 4.05. The van der Waals surface area contributed by atoms with Gasteiger partial charge in [0, 0.05) is 25.4 Å². The molecule has 3 heterocycles. The number of H-pyrrole nitrogens is 1. The van der Waals surface area contributed by atoms with Gasteiger partial charge in [-0.3, -0.25) is 14.5 Å². The third kappa shape index (κ3) is 5.65. The van der Waals surface area contributed by atoms with Crippen molar-refractivity contribution in [2.45, 2.75) is 64.2 Å². The second-order valence-electron chi connectivity index (χ2n) is 9.86. The van der Waals surface area contributed by atoms with Gasteiger partial charge < -0.3 is 25.5 Å². The quantitative estimate of drug-likeness (QED) is 0.419. The number of amides is 2. The maximum atomic E-state index is 13.2. The van der Waals surface area contributed by atoms with E-state index in [0.717, 1.165) is 19.3 Å². The number of rotatable bonds is 5. The number of aliphatic hydroxyl groups excluding tert-OH is 1. The van der Waals surface area contributed by atoms with Gasteiger partial charge in [-0.2, -0.15) is 9.61 Å². The molecule has 4 rings (SSSR count). The predicted molar refractivity (Wildman–Crippen MR) is 134 cm³/mol. The van der Waals surface area contributed by atoms with Crippen LogP contribution in [0.2, 0.25) is 0 Å². The van der Waals surface area contributed by atoms with Gasteiger partial charge in [-0.05, 0) is 58.6 Å². The molecule has 0 aliphatic heterocycles. The van der Waals surface area contributed by atoms with Crippen LogP contribution in [0.25, 0.3) is 5.65 Å². The highest BCUT2D eigenvalue weighted by molar-refractivity contribution is 6.00. The zero-order valence-electron chi connectivity index (χ0n) is 20.7. The van der Waals surface area contributed by atoms with Crippen LogP contribution in [0.1, 0.15) is 56.8 Å². The van der Waals surface area contributed by atoms with Crippen molar-refractivity contribution in [3.63, 3.8) is 0 Å². The van der Waals surface area contributed by atoms with E-state index < -0.39 is 23.7 Å². The summed E-state index contributed by atoms with van der Waals surface area (Å²) in [5.41, 5.74) is -0.466. The summed E-state index contributed by atoms with van der Waals surface area (Å²) >= 11 is 0. The molecule has 0 aromatic carbocycles. The van der Waals surface area contributed by atoms with E-state index in [0.29, 0.717) is 6.42 Å². The number of fused-ring (bicyclic) bond motifs is 1. The summed E-state index contributed by atoms with van der Waals surface area (Å²) in [5, 5.41) is 20.2. The fraction of sp³-hybridized carbons (Fsp3) is 0.458. The summed E-state index contributed by atoms with van der Waals surface area (Å²) < 4.78 is 6.86. The van der Waals surface area contributed by atoms with E-state index in [4.69, 9.17) is 4.74 Å². The SMILES string of the molecule is CN(C(=O)OC(C)(C)C)c1cc(Nc2ccc[nH]c2=O)nc2c(C(=O)NC3CCC[C@@H](O)C3)cnn12. The average molecular weight is 498 g/mol. The van der Waals surface area contributed by atoms with Gasteiger partial charge in [0.05, 0.1) is 12.3 Å². The highest BCUT2D eigenvalue weighted by atomic mass is 16.6. The smallest absolute Gasteiger partial charge is 0.415 e. The van der Waals surface area contributed by atoms with Gasteiger partial charge in [0.1, 0.15) is 28.5 Å². The van der Waals surface area contributed by atoms with Crippen LogP contribution >= 0.6 is 0 Å². The molecule has 3 aromatic heterocycles. The Bertz CT molecular complexity index is 1330. The molecule has 0 bridgehead atoms. The van der Waals surface area contributed by atoms with E-state index in [2.05, 4.69) is 25.7 Å². The van der Waals surface area contributed by atoms with Crippen molar-refractivity contribution in [1.29, 1.82) is 0 Å². The number of hydrogen-bond donors (Lipinski definition) is 4. The molecule has 2 atom stereocenters. The van der Waals surface area contributed by atoms with Gasteiger partial charge >= 0.3 is 6.09 Å². The summed E-state index contributed by atoms with van der Waals surface area (Å²) in [4.78, 5) is 46.6. The lowest BCUT2D eigenvalue weighted by Gasteiger charge is -2.26. The predicted octanol–water partition coefficient (Wildman–Crippen LogP) is 2.57. The van der Waals surface area contributed by atoms with E-state index in [-0.39, 0.29) is 40.1 Å². The summed E-state index contributed by atoms with van der Waals surface area (Å²) in [7, 11) is 1.52. The number of nitrogens with one attached hydrogen (secondary N) is 3. The number of hydrogen-bond acceptors (Lipinski definition) is 8. The zero-order chi connectivity index (χ0) is 26.0. The van der Waals surface area contributed by atoms with Crippen LogP contribution < -0.4 is 21.1 Å².